The number of nitrogens with zero attached hydrogens (tertiary/aromatic N) is 4. The van der Waals surface area contributed by atoms with E-state index in [0.717, 1.165) is 50.1 Å². The fraction of sp³-hybridized carbons (Fsp3) is 0.588. The van der Waals surface area contributed by atoms with Crippen molar-refractivity contribution in [2.75, 3.05) is 31.5 Å². The van der Waals surface area contributed by atoms with Crippen molar-refractivity contribution in [1.82, 2.24) is 15.0 Å². The Morgan fingerprint density at radius 1 is 1.13 bits per heavy atom. The lowest BCUT2D eigenvalue weighted by Gasteiger charge is -2.20. The van der Waals surface area contributed by atoms with Gasteiger partial charge in [0.15, 0.2) is 0 Å². The Morgan fingerprint density at radius 2 is 1.83 bits per heavy atom. The Hall–Kier alpha value is -1.95. The minimum absolute atomic E-state index is 0.394. The molecule has 23 heavy (non-hydrogen) atoms. The molecule has 0 aliphatic carbocycles. The third-order valence-electron chi connectivity index (χ3n) is 3.82. The molecule has 0 atom stereocenters. The van der Waals surface area contributed by atoms with Crippen LogP contribution in [0.5, 0.6) is 0 Å². The second-order valence-electron chi connectivity index (χ2n) is 6.03. The van der Waals surface area contributed by atoms with Crippen LogP contribution in [0.15, 0.2) is 12.1 Å². The van der Waals surface area contributed by atoms with Crippen LogP contribution in [-0.2, 0) is 0 Å². The number of rotatable bonds is 8. The molecule has 0 saturated heterocycles. The average molecular weight is 317 g/mol. The average Bonchev–Trinajstić information content (AvgIpc) is 2.46. The van der Waals surface area contributed by atoms with Gasteiger partial charge in [0.1, 0.15) is 5.52 Å². The van der Waals surface area contributed by atoms with E-state index < -0.39 is 0 Å². The maximum Gasteiger partial charge on any atom is 0.290 e. The van der Waals surface area contributed by atoms with Gasteiger partial charge in [-0.3, -0.25) is 0 Å². The summed E-state index contributed by atoms with van der Waals surface area (Å²) < 4.78 is 0. The summed E-state index contributed by atoms with van der Waals surface area (Å²) in [5.41, 5.74) is 3.23. The quantitative estimate of drug-likeness (QED) is 0.598. The van der Waals surface area contributed by atoms with Crippen molar-refractivity contribution in [2.24, 2.45) is 0 Å². The monoisotopic (exact) mass is 317 g/mol. The van der Waals surface area contributed by atoms with Gasteiger partial charge in [0, 0.05) is 18.7 Å². The van der Waals surface area contributed by atoms with Crippen molar-refractivity contribution in [3.63, 3.8) is 0 Å². The Morgan fingerprint density at radius 3 is 2.48 bits per heavy atom. The zero-order valence-electron chi connectivity index (χ0n) is 14.6. The Kier molecular flexibility index (Phi) is 6.10. The first-order chi connectivity index (χ1) is 11.0. The van der Waals surface area contributed by atoms with Crippen LogP contribution in [0.2, 0.25) is 0 Å². The molecule has 0 bridgehead atoms. The molecular formula is C17H27N5O. The summed E-state index contributed by atoms with van der Waals surface area (Å²) in [7, 11) is 0. The summed E-state index contributed by atoms with van der Waals surface area (Å²) in [5, 5.41) is 19.3. The largest absolute Gasteiger partial charge is 0.594 e. The van der Waals surface area contributed by atoms with Gasteiger partial charge in [-0.2, -0.15) is 0 Å². The number of aryl methyl sites for hydroxylation is 2. The van der Waals surface area contributed by atoms with Crippen molar-refractivity contribution in [1.29, 1.82) is 0 Å². The third-order valence-corrected chi connectivity index (χ3v) is 3.82. The molecule has 2 rings (SSSR count). The number of hydrogen-bond donors (Lipinski definition) is 1. The zero-order valence-corrected chi connectivity index (χ0v) is 14.6. The lowest BCUT2D eigenvalue weighted by molar-refractivity contribution is -0.641. The maximum atomic E-state index is 12.1. The van der Waals surface area contributed by atoms with E-state index in [2.05, 4.69) is 34.1 Å². The zero-order chi connectivity index (χ0) is 16.8. The summed E-state index contributed by atoms with van der Waals surface area (Å²) in [6, 6.07) is 3.89. The normalized spacial score (nSPS) is 11.3. The molecule has 0 radical (unpaired) electrons. The highest BCUT2D eigenvalue weighted by molar-refractivity contribution is 5.76. The molecule has 1 aromatic heterocycles. The van der Waals surface area contributed by atoms with Crippen LogP contribution in [0, 0.1) is 19.1 Å². The van der Waals surface area contributed by atoms with E-state index in [1.54, 1.807) is 0 Å². The van der Waals surface area contributed by atoms with Crippen molar-refractivity contribution in [2.45, 2.75) is 40.5 Å². The topological polar surface area (TPSA) is 68.0 Å². The van der Waals surface area contributed by atoms with Crippen LogP contribution in [0.1, 0.15) is 37.8 Å². The smallest absolute Gasteiger partial charge is 0.290 e. The molecule has 0 aliphatic heterocycles. The lowest BCUT2D eigenvalue weighted by atomic mass is 10.1. The van der Waals surface area contributed by atoms with Crippen molar-refractivity contribution < 1.29 is 4.85 Å². The van der Waals surface area contributed by atoms with Crippen LogP contribution in [0.25, 0.3) is 11.0 Å². The summed E-state index contributed by atoms with van der Waals surface area (Å²) in [6.07, 6.45) is 2.29. The van der Waals surface area contributed by atoms with E-state index in [1.807, 2.05) is 26.0 Å². The summed E-state index contributed by atoms with van der Waals surface area (Å²) in [4.78, 5) is 7.57. The van der Waals surface area contributed by atoms with Crippen molar-refractivity contribution >= 4 is 17.0 Å². The van der Waals surface area contributed by atoms with E-state index in [0.29, 0.717) is 21.8 Å². The molecule has 1 aromatic carbocycles. The fourth-order valence-corrected chi connectivity index (χ4v) is 2.91. The molecule has 6 nitrogen and oxygen atoms in total. The van der Waals surface area contributed by atoms with Crippen LogP contribution in [0.3, 0.4) is 0 Å². The first kappa shape index (κ1) is 17.4. The van der Waals surface area contributed by atoms with E-state index >= 15 is 0 Å². The summed E-state index contributed by atoms with van der Waals surface area (Å²) >= 11 is 0. The molecule has 0 spiro atoms. The van der Waals surface area contributed by atoms with Gasteiger partial charge in [-0.25, -0.2) is 4.98 Å². The van der Waals surface area contributed by atoms with Gasteiger partial charge in [-0.1, -0.05) is 13.8 Å². The first-order valence-corrected chi connectivity index (χ1v) is 8.40. The molecule has 0 amide bonds. The number of anilines is 1. The van der Waals surface area contributed by atoms with Crippen molar-refractivity contribution in [3.05, 3.63) is 28.5 Å². The fourth-order valence-electron chi connectivity index (χ4n) is 2.91. The number of nitrogens with one attached hydrogen (secondary N) is 1. The molecule has 0 unspecified atom stereocenters. The van der Waals surface area contributed by atoms with Gasteiger partial charge in [0.2, 0.25) is 0 Å². The van der Waals surface area contributed by atoms with Gasteiger partial charge < -0.3 is 15.4 Å². The Labute approximate surface area is 138 Å². The molecule has 0 aliphatic rings. The highest BCUT2D eigenvalue weighted by Crippen LogP contribution is 2.15. The van der Waals surface area contributed by atoms with E-state index in [-0.39, 0.29) is 0 Å². The van der Waals surface area contributed by atoms with Gasteiger partial charge in [0.05, 0.1) is 5.10 Å². The number of fused-ring (bicyclic) bond motifs is 1. The molecule has 6 heteroatoms. The van der Waals surface area contributed by atoms with Crippen molar-refractivity contribution in [3.8, 4) is 0 Å². The van der Waals surface area contributed by atoms with Crippen LogP contribution < -0.4 is 10.2 Å². The summed E-state index contributed by atoms with van der Waals surface area (Å²) in [6.45, 7) is 12.1. The van der Waals surface area contributed by atoms with E-state index in [9.17, 15) is 5.21 Å². The van der Waals surface area contributed by atoms with Crippen LogP contribution in [-0.4, -0.2) is 41.2 Å². The second-order valence-corrected chi connectivity index (χ2v) is 6.03. The highest BCUT2D eigenvalue weighted by Gasteiger charge is 2.14. The minimum Gasteiger partial charge on any atom is -0.594 e. The number of aromatic nitrogens is 3. The molecular weight excluding hydrogens is 290 g/mol. The van der Waals surface area contributed by atoms with Gasteiger partial charge in [-0.05, 0) is 62.3 Å². The molecule has 1 N–H and O–H groups in total. The Balaban J connectivity index is 2.09. The number of hydrogen-bond acceptors (Lipinski definition) is 5. The minimum atomic E-state index is 0.394. The standard InChI is InChI=1S/C17H27N5O/c1-5-8-21(9-6-2)10-7-18-17-19-15-12-13(3)11-14(4)16(15)22(23)20-17/h11-12H,5-10H2,1-4H3,(H,18,19,20). The summed E-state index contributed by atoms with van der Waals surface area (Å²) in [5.74, 6) is 0.394. The predicted octanol–water partition coefficient (Wildman–Crippen LogP) is 2.41. The van der Waals surface area contributed by atoms with Gasteiger partial charge in [-0.15, -0.1) is 0 Å². The Bertz CT molecular complexity index is 653. The van der Waals surface area contributed by atoms with E-state index in [4.69, 9.17) is 0 Å². The second kappa shape index (κ2) is 8.06. The molecule has 126 valence electrons. The van der Waals surface area contributed by atoms with E-state index in [1.165, 1.54) is 0 Å². The van der Waals surface area contributed by atoms with Gasteiger partial charge in [0.25, 0.3) is 11.5 Å². The number of benzene rings is 1. The molecule has 1 heterocycles. The molecule has 2 aromatic rings. The highest BCUT2D eigenvalue weighted by atomic mass is 16.5. The third kappa shape index (κ3) is 4.51. The lowest BCUT2D eigenvalue weighted by Crippen LogP contribution is -2.35. The van der Waals surface area contributed by atoms with Crippen LogP contribution in [0.4, 0.5) is 5.95 Å². The molecule has 0 saturated carbocycles. The SMILES string of the molecule is CCCN(CCC)CCNc1nc2cc(C)cc(C)c2[n+]([O-])n1. The maximum absolute atomic E-state index is 12.1. The first-order valence-electron chi connectivity index (χ1n) is 8.40. The molecule has 0 fully saturated rings. The van der Waals surface area contributed by atoms with Crippen LogP contribution >= 0.6 is 0 Å². The van der Waals surface area contributed by atoms with Gasteiger partial charge >= 0.3 is 0 Å². The predicted molar refractivity (Wildman–Crippen MR) is 93.5 cm³/mol.